The summed E-state index contributed by atoms with van der Waals surface area (Å²) < 4.78 is 5.32. The summed E-state index contributed by atoms with van der Waals surface area (Å²) in [6.45, 7) is 1.87. The number of hydrazone groups is 1. The average molecular weight is 358 g/mol. The molecule has 134 valence electrons. The Morgan fingerprint density at radius 3 is 2.26 bits per heavy atom. The molecule has 0 atom stereocenters. The molecule has 0 unspecified atom stereocenters. The molecule has 0 saturated heterocycles. The number of amides is 1. The van der Waals surface area contributed by atoms with E-state index in [0.29, 0.717) is 16.9 Å². The largest absolute Gasteiger partial charge is 0.423 e. The molecule has 5 heteroatoms. The van der Waals surface area contributed by atoms with E-state index in [1.807, 2.05) is 25.1 Å². The van der Waals surface area contributed by atoms with E-state index in [9.17, 15) is 9.59 Å². The first-order valence-electron chi connectivity index (χ1n) is 8.40. The van der Waals surface area contributed by atoms with Gasteiger partial charge in [-0.25, -0.2) is 10.2 Å². The van der Waals surface area contributed by atoms with Crippen molar-refractivity contribution < 1.29 is 14.3 Å². The first kappa shape index (κ1) is 18.1. The van der Waals surface area contributed by atoms with Crippen LogP contribution in [0.5, 0.6) is 5.75 Å². The number of ether oxygens (including phenoxy) is 1. The molecular weight excluding hydrogens is 340 g/mol. The highest BCUT2D eigenvalue weighted by molar-refractivity contribution is 5.96. The molecular formula is C22H18N2O3. The highest BCUT2D eigenvalue weighted by Gasteiger charge is 2.08. The maximum atomic E-state index is 12.1. The molecule has 1 amide bonds. The van der Waals surface area contributed by atoms with E-state index in [2.05, 4.69) is 10.5 Å². The van der Waals surface area contributed by atoms with Gasteiger partial charge < -0.3 is 4.74 Å². The highest BCUT2D eigenvalue weighted by atomic mass is 16.5. The number of benzene rings is 3. The topological polar surface area (TPSA) is 67.8 Å². The summed E-state index contributed by atoms with van der Waals surface area (Å²) >= 11 is 0. The van der Waals surface area contributed by atoms with Crippen LogP contribution in [0.15, 0.2) is 84.0 Å². The summed E-state index contributed by atoms with van der Waals surface area (Å²) in [6, 6.07) is 22.9. The Hall–Kier alpha value is -3.73. The third-order valence-electron chi connectivity index (χ3n) is 3.87. The Labute approximate surface area is 157 Å². The smallest absolute Gasteiger partial charge is 0.343 e. The third-order valence-corrected chi connectivity index (χ3v) is 3.87. The van der Waals surface area contributed by atoms with Crippen molar-refractivity contribution in [3.63, 3.8) is 0 Å². The van der Waals surface area contributed by atoms with Crippen LogP contribution in [-0.2, 0) is 0 Å². The van der Waals surface area contributed by atoms with Crippen LogP contribution in [0.25, 0.3) is 0 Å². The molecule has 0 spiro atoms. The predicted octanol–water partition coefficient (Wildman–Crippen LogP) is 3.98. The van der Waals surface area contributed by atoms with Gasteiger partial charge in [-0.15, -0.1) is 0 Å². The number of aryl methyl sites for hydroxylation is 1. The van der Waals surface area contributed by atoms with Crippen LogP contribution >= 0.6 is 0 Å². The zero-order valence-corrected chi connectivity index (χ0v) is 14.8. The molecule has 3 rings (SSSR count). The van der Waals surface area contributed by atoms with Gasteiger partial charge in [0.15, 0.2) is 0 Å². The van der Waals surface area contributed by atoms with Gasteiger partial charge >= 0.3 is 5.97 Å². The van der Waals surface area contributed by atoms with E-state index in [0.717, 1.165) is 11.1 Å². The lowest BCUT2D eigenvalue weighted by Crippen LogP contribution is -2.18. The van der Waals surface area contributed by atoms with E-state index in [1.54, 1.807) is 60.7 Å². The molecule has 27 heavy (non-hydrogen) atoms. The van der Waals surface area contributed by atoms with Crippen molar-refractivity contribution in [2.24, 2.45) is 5.10 Å². The second-order valence-electron chi connectivity index (χ2n) is 5.84. The lowest BCUT2D eigenvalue weighted by Gasteiger charge is -2.05. The lowest BCUT2D eigenvalue weighted by molar-refractivity contribution is 0.0734. The number of carbonyl (C=O) groups excluding carboxylic acids is 2. The van der Waals surface area contributed by atoms with Gasteiger partial charge in [-0.05, 0) is 60.5 Å². The molecule has 0 aliphatic carbocycles. The Bertz CT molecular complexity index is 964. The maximum Gasteiger partial charge on any atom is 0.343 e. The van der Waals surface area contributed by atoms with Crippen molar-refractivity contribution in [1.29, 1.82) is 0 Å². The summed E-state index contributed by atoms with van der Waals surface area (Å²) in [5, 5.41) is 3.96. The SMILES string of the molecule is Cc1ccccc1C(=O)N/N=C\c1ccc(OC(=O)c2ccccc2)cc1. The van der Waals surface area contributed by atoms with Gasteiger partial charge in [-0.1, -0.05) is 36.4 Å². The van der Waals surface area contributed by atoms with Crippen LogP contribution in [0.1, 0.15) is 31.8 Å². The van der Waals surface area contributed by atoms with Crippen LogP contribution in [0.4, 0.5) is 0 Å². The quantitative estimate of drug-likeness (QED) is 0.325. The van der Waals surface area contributed by atoms with Crippen LogP contribution in [-0.4, -0.2) is 18.1 Å². The summed E-state index contributed by atoms with van der Waals surface area (Å²) in [7, 11) is 0. The molecule has 0 radical (unpaired) electrons. The second kappa shape index (κ2) is 8.58. The van der Waals surface area contributed by atoms with Crippen LogP contribution in [0.3, 0.4) is 0 Å². The van der Waals surface area contributed by atoms with E-state index >= 15 is 0 Å². The Balaban J connectivity index is 1.57. The zero-order valence-electron chi connectivity index (χ0n) is 14.8. The monoisotopic (exact) mass is 358 g/mol. The fraction of sp³-hybridized carbons (Fsp3) is 0.0455. The lowest BCUT2D eigenvalue weighted by atomic mass is 10.1. The minimum Gasteiger partial charge on any atom is -0.423 e. The van der Waals surface area contributed by atoms with Crippen molar-refractivity contribution in [3.05, 3.63) is 101 Å². The molecule has 3 aromatic rings. The third kappa shape index (κ3) is 4.89. The second-order valence-corrected chi connectivity index (χ2v) is 5.84. The molecule has 0 saturated carbocycles. The zero-order chi connectivity index (χ0) is 19.1. The standard InChI is InChI=1S/C22H18N2O3/c1-16-7-5-6-10-20(16)21(25)24-23-15-17-11-13-19(14-12-17)27-22(26)18-8-3-2-4-9-18/h2-15H,1H3,(H,24,25)/b23-15-. The van der Waals surface area contributed by atoms with Gasteiger partial charge in [0.1, 0.15) is 5.75 Å². The van der Waals surface area contributed by atoms with Gasteiger partial charge in [0, 0.05) is 5.56 Å². The molecule has 0 aromatic heterocycles. The van der Waals surface area contributed by atoms with Crippen LogP contribution in [0, 0.1) is 6.92 Å². The normalized spacial score (nSPS) is 10.6. The molecule has 1 N–H and O–H groups in total. The number of hydrogen-bond acceptors (Lipinski definition) is 4. The minimum atomic E-state index is -0.414. The van der Waals surface area contributed by atoms with Crippen LogP contribution < -0.4 is 10.2 Å². The summed E-state index contributed by atoms with van der Waals surface area (Å²) in [5.41, 5.74) is 5.22. The molecule has 0 bridgehead atoms. The number of nitrogens with zero attached hydrogens (tertiary/aromatic N) is 1. The van der Waals surface area contributed by atoms with E-state index in [4.69, 9.17) is 4.74 Å². The number of nitrogens with one attached hydrogen (secondary N) is 1. The molecule has 0 aliphatic heterocycles. The minimum absolute atomic E-state index is 0.266. The molecule has 0 fully saturated rings. The van der Waals surface area contributed by atoms with Crippen molar-refractivity contribution in [3.8, 4) is 5.75 Å². The van der Waals surface area contributed by atoms with Crippen molar-refractivity contribution in [2.45, 2.75) is 6.92 Å². The molecule has 3 aromatic carbocycles. The summed E-state index contributed by atoms with van der Waals surface area (Å²) in [4.78, 5) is 24.1. The van der Waals surface area contributed by atoms with Crippen molar-refractivity contribution in [1.82, 2.24) is 5.43 Å². The van der Waals surface area contributed by atoms with Crippen LogP contribution in [0.2, 0.25) is 0 Å². The maximum absolute atomic E-state index is 12.1. The predicted molar refractivity (Wildman–Crippen MR) is 104 cm³/mol. The van der Waals surface area contributed by atoms with Crippen molar-refractivity contribution >= 4 is 18.1 Å². The average Bonchev–Trinajstić information content (AvgIpc) is 2.70. The van der Waals surface area contributed by atoms with E-state index < -0.39 is 5.97 Å². The van der Waals surface area contributed by atoms with E-state index in [-0.39, 0.29) is 5.91 Å². The Kier molecular flexibility index (Phi) is 5.74. The Morgan fingerprint density at radius 1 is 0.889 bits per heavy atom. The first-order valence-corrected chi connectivity index (χ1v) is 8.40. The summed E-state index contributed by atoms with van der Waals surface area (Å²) in [6.07, 6.45) is 1.53. The number of rotatable bonds is 5. The number of carbonyl (C=O) groups is 2. The number of esters is 1. The summed E-state index contributed by atoms with van der Waals surface area (Å²) in [5.74, 6) is -0.245. The van der Waals surface area contributed by atoms with Gasteiger partial charge in [-0.2, -0.15) is 5.10 Å². The molecule has 0 heterocycles. The van der Waals surface area contributed by atoms with Gasteiger partial charge in [0.2, 0.25) is 0 Å². The first-order chi connectivity index (χ1) is 13.1. The molecule has 5 nitrogen and oxygen atoms in total. The van der Waals surface area contributed by atoms with Gasteiger partial charge in [0.05, 0.1) is 11.8 Å². The number of hydrogen-bond donors (Lipinski definition) is 1. The fourth-order valence-electron chi connectivity index (χ4n) is 2.42. The van der Waals surface area contributed by atoms with Gasteiger partial charge in [0.25, 0.3) is 5.91 Å². The Morgan fingerprint density at radius 2 is 1.56 bits per heavy atom. The van der Waals surface area contributed by atoms with Gasteiger partial charge in [-0.3, -0.25) is 4.79 Å². The highest BCUT2D eigenvalue weighted by Crippen LogP contribution is 2.13. The molecule has 0 aliphatic rings. The van der Waals surface area contributed by atoms with E-state index in [1.165, 1.54) is 6.21 Å². The fourth-order valence-corrected chi connectivity index (χ4v) is 2.42. The van der Waals surface area contributed by atoms with Crippen molar-refractivity contribution in [2.75, 3.05) is 0 Å².